The van der Waals surface area contributed by atoms with Crippen molar-refractivity contribution in [3.8, 4) is 0 Å². The van der Waals surface area contributed by atoms with Gasteiger partial charge in [-0.1, -0.05) is 13.8 Å². The molecule has 0 saturated heterocycles. The van der Waals surface area contributed by atoms with Gasteiger partial charge in [0.2, 0.25) is 0 Å². The maximum Gasteiger partial charge on any atom is 0.0701 e. The highest BCUT2D eigenvalue weighted by molar-refractivity contribution is 4.39. The Balaban J connectivity index is 2.90. The third-order valence-electron chi connectivity index (χ3n) is 2.00. The van der Waals surface area contributed by atoms with E-state index in [0.717, 1.165) is 6.61 Å². The Labute approximate surface area is 111 Å². The van der Waals surface area contributed by atoms with E-state index in [9.17, 15) is 0 Å². The van der Waals surface area contributed by atoms with Crippen molar-refractivity contribution < 1.29 is 23.7 Å². The molecule has 18 heavy (non-hydrogen) atoms. The summed E-state index contributed by atoms with van der Waals surface area (Å²) >= 11 is 0. The van der Waals surface area contributed by atoms with Crippen LogP contribution < -0.4 is 0 Å². The van der Waals surface area contributed by atoms with Gasteiger partial charge in [0.1, 0.15) is 0 Å². The second-order valence-corrected chi connectivity index (χ2v) is 4.30. The molecule has 0 aromatic carbocycles. The van der Waals surface area contributed by atoms with Gasteiger partial charge >= 0.3 is 0 Å². The lowest BCUT2D eigenvalue weighted by Crippen LogP contribution is -2.13. The van der Waals surface area contributed by atoms with Gasteiger partial charge in [-0.15, -0.1) is 0 Å². The molecule has 0 saturated carbocycles. The summed E-state index contributed by atoms with van der Waals surface area (Å²) in [6.07, 6.45) is 0. The summed E-state index contributed by atoms with van der Waals surface area (Å²) in [6.45, 7) is 9.95. The zero-order valence-electron chi connectivity index (χ0n) is 12.0. The first-order valence-electron chi connectivity index (χ1n) is 6.57. The molecular weight excluding hydrogens is 236 g/mol. The molecule has 0 aromatic rings. The van der Waals surface area contributed by atoms with E-state index in [2.05, 4.69) is 13.8 Å². The van der Waals surface area contributed by atoms with Gasteiger partial charge in [0.25, 0.3) is 0 Å². The van der Waals surface area contributed by atoms with Crippen molar-refractivity contribution in [3.05, 3.63) is 0 Å². The maximum atomic E-state index is 5.38. The zero-order valence-corrected chi connectivity index (χ0v) is 12.0. The van der Waals surface area contributed by atoms with Crippen LogP contribution in [0.4, 0.5) is 0 Å². The van der Waals surface area contributed by atoms with Crippen LogP contribution in [0.25, 0.3) is 0 Å². The van der Waals surface area contributed by atoms with Crippen molar-refractivity contribution >= 4 is 0 Å². The van der Waals surface area contributed by atoms with Crippen LogP contribution in [0, 0.1) is 5.92 Å². The van der Waals surface area contributed by atoms with Gasteiger partial charge < -0.3 is 23.7 Å². The highest BCUT2D eigenvalue weighted by Crippen LogP contribution is 1.91. The number of hydrogen-bond acceptors (Lipinski definition) is 5. The predicted molar refractivity (Wildman–Crippen MR) is 70.0 cm³/mol. The second-order valence-electron chi connectivity index (χ2n) is 4.30. The lowest BCUT2D eigenvalue weighted by Gasteiger charge is -2.08. The number of methoxy groups -OCH3 is 1. The van der Waals surface area contributed by atoms with Crippen molar-refractivity contribution in [2.75, 3.05) is 66.6 Å². The average molecular weight is 264 g/mol. The van der Waals surface area contributed by atoms with Crippen LogP contribution in [0.2, 0.25) is 0 Å². The van der Waals surface area contributed by atoms with Gasteiger partial charge in [-0.25, -0.2) is 0 Å². The molecule has 110 valence electrons. The molecule has 0 unspecified atom stereocenters. The minimum absolute atomic E-state index is 0.575. The summed E-state index contributed by atoms with van der Waals surface area (Å²) in [5, 5.41) is 0. The first kappa shape index (κ1) is 17.8. The van der Waals surface area contributed by atoms with Crippen molar-refractivity contribution in [3.63, 3.8) is 0 Å². The Morgan fingerprint density at radius 2 is 1.00 bits per heavy atom. The molecule has 5 nitrogen and oxygen atoms in total. The Bertz CT molecular complexity index is 152. The predicted octanol–water partition coefficient (Wildman–Crippen LogP) is 1.36. The van der Waals surface area contributed by atoms with Gasteiger partial charge in [0, 0.05) is 13.7 Å². The van der Waals surface area contributed by atoms with Gasteiger partial charge in [-0.2, -0.15) is 0 Å². The van der Waals surface area contributed by atoms with Gasteiger partial charge in [-0.3, -0.25) is 0 Å². The van der Waals surface area contributed by atoms with Crippen LogP contribution in [0.5, 0.6) is 0 Å². The fourth-order valence-electron chi connectivity index (χ4n) is 1.12. The van der Waals surface area contributed by atoms with Crippen molar-refractivity contribution in [2.24, 2.45) is 5.92 Å². The van der Waals surface area contributed by atoms with Crippen LogP contribution >= 0.6 is 0 Å². The van der Waals surface area contributed by atoms with E-state index in [1.54, 1.807) is 7.11 Å². The highest BCUT2D eigenvalue weighted by Gasteiger charge is 1.94. The van der Waals surface area contributed by atoms with E-state index >= 15 is 0 Å². The molecule has 0 aliphatic rings. The van der Waals surface area contributed by atoms with Crippen LogP contribution in [0.1, 0.15) is 13.8 Å². The van der Waals surface area contributed by atoms with Crippen molar-refractivity contribution in [1.29, 1.82) is 0 Å². The summed E-state index contributed by atoms with van der Waals surface area (Å²) < 4.78 is 26.2. The third-order valence-corrected chi connectivity index (χ3v) is 2.00. The average Bonchev–Trinajstić information content (AvgIpc) is 2.34. The molecule has 0 aromatic heterocycles. The summed E-state index contributed by atoms with van der Waals surface area (Å²) in [5.74, 6) is 0.575. The Hall–Kier alpha value is -0.200. The van der Waals surface area contributed by atoms with Gasteiger partial charge in [-0.05, 0) is 5.92 Å². The summed E-state index contributed by atoms with van der Waals surface area (Å²) in [4.78, 5) is 0. The molecule has 0 radical (unpaired) electrons. The number of hydrogen-bond donors (Lipinski definition) is 0. The lowest BCUT2D eigenvalue weighted by molar-refractivity contribution is -0.00982. The maximum absolute atomic E-state index is 5.38. The SMILES string of the molecule is COCCOCCOCCOCCOCC(C)C. The van der Waals surface area contributed by atoms with Crippen molar-refractivity contribution in [2.45, 2.75) is 13.8 Å². The first-order valence-corrected chi connectivity index (χ1v) is 6.57. The second kappa shape index (κ2) is 14.9. The highest BCUT2D eigenvalue weighted by atomic mass is 16.6. The molecule has 0 aliphatic carbocycles. The quantitative estimate of drug-likeness (QED) is 0.443. The summed E-state index contributed by atoms with van der Waals surface area (Å²) in [7, 11) is 1.65. The normalized spacial score (nSPS) is 11.3. The molecule has 0 fully saturated rings. The zero-order chi connectivity index (χ0) is 13.5. The van der Waals surface area contributed by atoms with Crippen LogP contribution in [0.15, 0.2) is 0 Å². The third kappa shape index (κ3) is 15.8. The van der Waals surface area contributed by atoms with E-state index in [4.69, 9.17) is 23.7 Å². The summed E-state index contributed by atoms with van der Waals surface area (Å²) in [6, 6.07) is 0. The Kier molecular flexibility index (Phi) is 14.7. The minimum atomic E-state index is 0.575. The van der Waals surface area contributed by atoms with Crippen molar-refractivity contribution in [1.82, 2.24) is 0 Å². The lowest BCUT2D eigenvalue weighted by atomic mass is 10.2. The van der Waals surface area contributed by atoms with E-state index in [-0.39, 0.29) is 0 Å². The largest absolute Gasteiger partial charge is 0.382 e. The molecular formula is C13H28O5. The molecule has 0 aliphatic heterocycles. The van der Waals surface area contributed by atoms with E-state index in [1.807, 2.05) is 0 Å². The van der Waals surface area contributed by atoms with Crippen LogP contribution in [-0.4, -0.2) is 66.6 Å². The smallest absolute Gasteiger partial charge is 0.0701 e. The minimum Gasteiger partial charge on any atom is -0.382 e. The molecule has 5 heteroatoms. The Morgan fingerprint density at radius 1 is 0.611 bits per heavy atom. The van der Waals surface area contributed by atoms with Gasteiger partial charge in [0.15, 0.2) is 0 Å². The molecule has 0 atom stereocenters. The number of ether oxygens (including phenoxy) is 5. The van der Waals surface area contributed by atoms with E-state index in [1.165, 1.54) is 0 Å². The fraction of sp³-hybridized carbons (Fsp3) is 1.00. The monoisotopic (exact) mass is 264 g/mol. The topological polar surface area (TPSA) is 46.2 Å². The molecule has 0 bridgehead atoms. The molecule has 0 heterocycles. The first-order chi connectivity index (χ1) is 8.77. The van der Waals surface area contributed by atoms with Crippen LogP contribution in [-0.2, 0) is 23.7 Å². The Morgan fingerprint density at radius 3 is 1.39 bits per heavy atom. The fourth-order valence-corrected chi connectivity index (χ4v) is 1.12. The molecule has 0 spiro atoms. The number of rotatable bonds is 14. The standard InChI is InChI=1S/C13H28O5/c1-13(2)12-18-11-10-17-9-8-16-7-6-15-5-4-14-3/h13H,4-12H2,1-3H3. The van der Waals surface area contributed by atoms with E-state index in [0.29, 0.717) is 58.8 Å². The van der Waals surface area contributed by atoms with Crippen LogP contribution in [0.3, 0.4) is 0 Å². The van der Waals surface area contributed by atoms with Gasteiger partial charge in [0.05, 0.1) is 52.9 Å². The van der Waals surface area contributed by atoms with E-state index < -0.39 is 0 Å². The molecule has 0 amide bonds. The summed E-state index contributed by atoms with van der Waals surface area (Å²) in [5.41, 5.74) is 0. The molecule has 0 rings (SSSR count). The molecule has 0 N–H and O–H groups in total.